The number of fused-ring (bicyclic) bond motifs is 1. The first-order valence-corrected chi connectivity index (χ1v) is 14.5. The first-order valence-electron chi connectivity index (χ1n) is 12.1. The van der Waals surface area contributed by atoms with E-state index in [2.05, 4.69) is 77.1 Å². The molecule has 33 heavy (non-hydrogen) atoms. The van der Waals surface area contributed by atoms with Crippen LogP contribution in [0, 0.1) is 0 Å². The smallest absolute Gasteiger partial charge is 0.131 e. The van der Waals surface area contributed by atoms with E-state index in [1.54, 1.807) is 7.11 Å². The third-order valence-corrected chi connectivity index (χ3v) is 12.4. The minimum absolute atomic E-state index is 0.0897. The van der Waals surface area contributed by atoms with Crippen molar-refractivity contribution in [3.63, 3.8) is 0 Å². The Hall–Kier alpha value is -2.78. The van der Waals surface area contributed by atoms with Crippen molar-refractivity contribution in [1.29, 1.82) is 0 Å². The Balaban J connectivity index is 2.05. The molecule has 4 rings (SSSR count). The Morgan fingerprint density at radius 2 is 1.58 bits per heavy atom. The Kier molecular flexibility index (Phi) is 6.53. The number of ether oxygens (including phenoxy) is 2. The highest BCUT2D eigenvalue weighted by Crippen LogP contribution is 2.38. The molecular weight excluding hydrogens is 420 g/mol. The van der Waals surface area contributed by atoms with Crippen LogP contribution in [0.25, 0.3) is 6.08 Å². The molecule has 0 N–H and O–H groups in total. The number of hydrogen-bond acceptors (Lipinski definition) is 2. The SMILES string of the molecule is CC[Si](CC)(c1cccc2c1C=CC2)c1cc(OC)cc(C(C)(C)C)c1Oc1ccccc1. The lowest BCUT2D eigenvalue weighted by Gasteiger charge is -2.36. The molecule has 0 saturated heterocycles. The zero-order valence-corrected chi connectivity index (χ0v) is 21.9. The molecule has 0 aliphatic heterocycles. The van der Waals surface area contributed by atoms with Crippen LogP contribution in [0.15, 0.2) is 66.7 Å². The van der Waals surface area contributed by atoms with Crippen LogP contribution in [-0.4, -0.2) is 15.2 Å². The standard InChI is InChI=1S/C30H36O2Si/c1-7-33(8-2,27-19-13-15-22-14-12-18-25(22)27)28-21-24(31-6)20-26(30(3,4)5)29(28)32-23-16-10-9-11-17-23/h9-13,15-21H,7-8,14H2,1-6H3. The van der Waals surface area contributed by atoms with E-state index in [1.165, 1.54) is 27.1 Å². The molecule has 0 heterocycles. The van der Waals surface area contributed by atoms with Gasteiger partial charge < -0.3 is 9.47 Å². The zero-order valence-electron chi connectivity index (χ0n) is 20.9. The van der Waals surface area contributed by atoms with Gasteiger partial charge in [-0.15, -0.1) is 0 Å². The maximum atomic E-state index is 6.78. The van der Waals surface area contributed by atoms with E-state index in [0.29, 0.717) is 0 Å². The highest BCUT2D eigenvalue weighted by atomic mass is 28.3. The molecule has 1 aliphatic rings. The van der Waals surface area contributed by atoms with E-state index >= 15 is 0 Å². The Labute approximate surface area is 200 Å². The molecular formula is C30H36O2Si. The summed E-state index contributed by atoms with van der Waals surface area (Å²) in [5.74, 6) is 2.81. The summed E-state index contributed by atoms with van der Waals surface area (Å²) < 4.78 is 12.6. The second kappa shape index (κ2) is 9.22. The van der Waals surface area contributed by atoms with Crippen LogP contribution in [0.1, 0.15) is 51.3 Å². The third kappa shape index (κ3) is 4.27. The van der Waals surface area contributed by atoms with E-state index in [4.69, 9.17) is 9.47 Å². The zero-order chi connectivity index (χ0) is 23.6. The van der Waals surface area contributed by atoms with Crippen LogP contribution in [0.2, 0.25) is 12.1 Å². The molecule has 2 nitrogen and oxygen atoms in total. The van der Waals surface area contributed by atoms with Crippen molar-refractivity contribution in [2.45, 2.75) is 58.5 Å². The van der Waals surface area contributed by atoms with E-state index in [0.717, 1.165) is 35.8 Å². The fourth-order valence-corrected chi connectivity index (χ4v) is 9.74. The number of allylic oxidation sites excluding steroid dienone is 1. The molecule has 0 spiro atoms. The lowest BCUT2D eigenvalue weighted by molar-refractivity contribution is 0.408. The first kappa shape index (κ1) is 23.4. The predicted molar refractivity (Wildman–Crippen MR) is 143 cm³/mol. The van der Waals surface area contributed by atoms with Gasteiger partial charge in [-0.05, 0) is 57.6 Å². The van der Waals surface area contributed by atoms with Crippen molar-refractivity contribution in [1.82, 2.24) is 0 Å². The van der Waals surface area contributed by atoms with E-state index < -0.39 is 8.07 Å². The maximum absolute atomic E-state index is 6.78. The molecule has 0 bridgehead atoms. The molecule has 0 radical (unpaired) electrons. The van der Waals surface area contributed by atoms with Gasteiger partial charge in [0.25, 0.3) is 0 Å². The number of rotatable bonds is 7. The summed E-state index contributed by atoms with van der Waals surface area (Å²) in [5, 5.41) is 2.86. The molecule has 1 aliphatic carbocycles. The molecule has 172 valence electrons. The molecule has 0 unspecified atom stereocenters. The summed E-state index contributed by atoms with van der Waals surface area (Å²) in [7, 11) is -0.394. The Bertz CT molecular complexity index is 1150. The maximum Gasteiger partial charge on any atom is 0.131 e. The summed E-state index contributed by atoms with van der Waals surface area (Å²) in [4.78, 5) is 0. The lowest BCUT2D eigenvalue weighted by atomic mass is 9.86. The van der Waals surface area contributed by atoms with Crippen molar-refractivity contribution in [2.75, 3.05) is 7.11 Å². The molecule has 0 amide bonds. The predicted octanol–water partition coefficient (Wildman–Crippen LogP) is 6.96. The van der Waals surface area contributed by atoms with Crippen molar-refractivity contribution in [3.8, 4) is 17.2 Å². The molecule has 0 aromatic heterocycles. The molecule has 3 aromatic rings. The van der Waals surface area contributed by atoms with Crippen molar-refractivity contribution in [3.05, 3.63) is 83.4 Å². The van der Waals surface area contributed by atoms with Crippen LogP contribution in [0.3, 0.4) is 0 Å². The second-order valence-corrected chi connectivity index (χ2v) is 14.6. The minimum atomic E-state index is -2.17. The lowest BCUT2D eigenvalue weighted by Crippen LogP contribution is -2.58. The van der Waals surface area contributed by atoms with Gasteiger partial charge in [0.15, 0.2) is 0 Å². The fourth-order valence-electron chi connectivity index (χ4n) is 5.21. The average molecular weight is 457 g/mol. The topological polar surface area (TPSA) is 18.5 Å². The molecule has 0 atom stereocenters. The monoisotopic (exact) mass is 456 g/mol. The van der Waals surface area contributed by atoms with Crippen LogP contribution in [0.5, 0.6) is 17.2 Å². The summed E-state index contributed by atoms with van der Waals surface area (Å²) in [6.07, 6.45) is 5.66. The van der Waals surface area contributed by atoms with Gasteiger partial charge in [-0.2, -0.15) is 0 Å². The summed E-state index contributed by atoms with van der Waals surface area (Å²) in [6, 6.07) is 23.7. The first-order chi connectivity index (χ1) is 15.8. The molecule has 3 aromatic carbocycles. The van der Waals surface area contributed by atoms with Gasteiger partial charge >= 0.3 is 0 Å². The number of hydrogen-bond donors (Lipinski definition) is 0. The number of benzene rings is 3. The number of para-hydroxylation sites is 1. The van der Waals surface area contributed by atoms with Crippen LogP contribution in [0.4, 0.5) is 0 Å². The van der Waals surface area contributed by atoms with Gasteiger partial charge in [0.05, 0.1) is 7.11 Å². The number of methoxy groups -OCH3 is 1. The van der Waals surface area contributed by atoms with Gasteiger partial charge in [-0.25, -0.2) is 0 Å². The highest BCUT2D eigenvalue weighted by Gasteiger charge is 2.41. The van der Waals surface area contributed by atoms with Crippen LogP contribution < -0.4 is 19.8 Å². The molecule has 0 fully saturated rings. The van der Waals surface area contributed by atoms with E-state index in [-0.39, 0.29) is 5.41 Å². The van der Waals surface area contributed by atoms with Gasteiger partial charge in [0.2, 0.25) is 0 Å². The normalized spacial score (nSPS) is 13.2. The second-order valence-electron chi connectivity index (χ2n) is 9.99. The average Bonchev–Trinajstić information content (AvgIpc) is 3.30. The quantitative estimate of drug-likeness (QED) is 0.358. The largest absolute Gasteiger partial charge is 0.497 e. The molecule has 3 heteroatoms. The van der Waals surface area contributed by atoms with E-state index in [9.17, 15) is 0 Å². The minimum Gasteiger partial charge on any atom is -0.497 e. The van der Waals surface area contributed by atoms with Crippen molar-refractivity contribution >= 4 is 24.5 Å². The van der Waals surface area contributed by atoms with Crippen LogP contribution in [-0.2, 0) is 11.8 Å². The summed E-state index contributed by atoms with van der Waals surface area (Å²) in [5.41, 5.74) is 3.98. The van der Waals surface area contributed by atoms with Gasteiger partial charge in [0.1, 0.15) is 25.3 Å². The van der Waals surface area contributed by atoms with Gasteiger partial charge in [-0.1, -0.05) is 95.3 Å². The Morgan fingerprint density at radius 3 is 2.21 bits per heavy atom. The van der Waals surface area contributed by atoms with E-state index in [1.807, 2.05) is 30.3 Å². The van der Waals surface area contributed by atoms with Gasteiger partial charge in [-0.3, -0.25) is 0 Å². The summed E-state index contributed by atoms with van der Waals surface area (Å²) >= 11 is 0. The fraction of sp³-hybridized carbons (Fsp3) is 0.333. The third-order valence-electron chi connectivity index (χ3n) is 7.13. The van der Waals surface area contributed by atoms with Crippen molar-refractivity contribution in [2.24, 2.45) is 0 Å². The summed E-state index contributed by atoms with van der Waals surface area (Å²) in [6.45, 7) is 11.5. The molecule has 0 saturated carbocycles. The van der Waals surface area contributed by atoms with Crippen LogP contribution >= 0.6 is 0 Å². The highest BCUT2D eigenvalue weighted by molar-refractivity contribution is 7.03. The Morgan fingerprint density at radius 1 is 0.848 bits per heavy atom. The van der Waals surface area contributed by atoms with Gasteiger partial charge in [0, 0.05) is 5.56 Å². The van der Waals surface area contributed by atoms with Crippen molar-refractivity contribution < 1.29 is 9.47 Å².